The summed E-state index contributed by atoms with van der Waals surface area (Å²) in [6.45, 7) is 6.87. The summed E-state index contributed by atoms with van der Waals surface area (Å²) in [6, 6.07) is -0.484. The highest BCUT2D eigenvalue weighted by molar-refractivity contribution is 5.84. The van der Waals surface area contributed by atoms with Crippen molar-refractivity contribution in [1.29, 1.82) is 0 Å². The second-order valence-corrected chi connectivity index (χ2v) is 11.1. The van der Waals surface area contributed by atoms with E-state index in [1.807, 2.05) is 0 Å². The molecule has 0 saturated carbocycles. The maximum Gasteiger partial charge on any atom is 0.328 e. The van der Waals surface area contributed by atoms with Crippen LogP contribution >= 0.6 is 0 Å². The van der Waals surface area contributed by atoms with Gasteiger partial charge in [-0.3, -0.25) is 4.79 Å². The Morgan fingerprint density at radius 1 is 0.600 bits per heavy atom. The SMILES string of the molecule is CCCCCCCCCCC(NC(=O)CCCCCCCCCCCCCCC(C)C)C(=O)OC. The zero-order valence-corrected chi connectivity index (χ0v) is 24.1. The number of carbonyl (C=O) groups is 2. The fourth-order valence-electron chi connectivity index (χ4n) is 4.75. The Morgan fingerprint density at radius 3 is 1.43 bits per heavy atom. The number of methoxy groups -OCH3 is 1. The summed E-state index contributed by atoms with van der Waals surface area (Å²) in [5.41, 5.74) is 0. The van der Waals surface area contributed by atoms with Gasteiger partial charge in [0.15, 0.2) is 0 Å². The van der Waals surface area contributed by atoms with E-state index >= 15 is 0 Å². The van der Waals surface area contributed by atoms with E-state index in [4.69, 9.17) is 4.74 Å². The normalized spacial score (nSPS) is 12.1. The highest BCUT2D eigenvalue weighted by atomic mass is 16.5. The first-order valence-electron chi connectivity index (χ1n) is 15.4. The number of hydrogen-bond donors (Lipinski definition) is 1. The highest BCUT2D eigenvalue weighted by Crippen LogP contribution is 2.15. The van der Waals surface area contributed by atoms with E-state index in [1.54, 1.807) is 0 Å². The molecule has 4 nitrogen and oxygen atoms in total. The molecule has 0 aromatic carbocycles. The molecule has 0 aromatic rings. The smallest absolute Gasteiger partial charge is 0.328 e. The zero-order chi connectivity index (χ0) is 26.0. The van der Waals surface area contributed by atoms with Gasteiger partial charge in [-0.25, -0.2) is 4.79 Å². The lowest BCUT2D eigenvalue weighted by molar-refractivity contribution is -0.145. The van der Waals surface area contributed by atoms with E-state index in [0.29, 0.717) is 12.8 Å². The minimum atomic E-state index is -0.484. The highest BCUT2D eigenvalue weighted by Gasteiger charge is 2.20. The van der Waals surface area contributed by atoms with Crippen molar-refractivity contribution in [2.45, 2.75) is 174 Å². The fourth-order valence-corrected chi connectivity index (χ4v) is 4.75. The molecule has 0 spiro atoms. The van der Waals surface area contributed by atoms with Gasteiger partial charge in [0.25, 0.3) is 0 Å². The van der Waals surface area contributed by atoms with Crippen molar-refractivity contribution in [3.8, 4) is 0 Å². The van der Waals surface area contributed by atoms with Crippen LogP contribution in [0, 0.1) is 5.92 Å². The molecule has 0 fully saturated rings. The Morgan fingerprint density at radius 2 is 1.00 bits per heavy atom. The molecule has 0 aromatic heterocycles. The molecule has 0 radical (unpaired) electrons. The Kier molecular flexibility index (Phi) is 25.2. The monoisotopic (exact) mass is 495 g/mol. The third-order valence-electron chi connectivity index (χ3n) is 7.10. The molecule has 0 saturated heterocycles. The first-order valence-corrected chi connectivity index (χ1v) is 15.4. The Bertz CT molecular complexity index is 478. The molecule has 0 aliphatic rings. The predicted molar refractivity (Wildman–Crippen MR) is 151 cm³/mol. The summed E-state index contributed by atoms with van der Waals surface area (Å²) in [4.78, 5) is 24.4. The number of carbonyl (C=O) groups excluding carboxylic acids is 2. The molecule has 1 atom stereocenters. The van der Waals surface area contributed by atoms with Gasteiger partial charge in [-0.2, -0.15) is 0 Å². The van der Waals surface area contributed by atoms with Gasteiger partial charge in [-0.15, -0.1) is 0 Å². The van der Waals surface area contributed by atoms with Crippen LogP contribution in [0.2, 0.25) is 0 Å². The lowest BCUT2D eigenvalue weighted by Crippen LogP contribution is -2.41. The van der Waals surface area contributed by atoms with Crippen LogP contribution in [0.25, 0.3) is 0 Å². The van der Waals surface area contributed by atoms with E-state index in [9.17, 15) is 9.59 Å². The van der Waals surface area contributed by atoms with Crippen LogP contribution in [0.15, 0.2) is 0 Å². The predicted octanol–water partition coefficient (Wildman–Crippen LogP) is 9.29. The molecular formula is C31H61NO3. The first-order chi connectivity index (χ1) is 17.0. The van der Waals surface area contributed by atoms with E-state index in [0.717, 1.165) is 31.6 Å². The maximum absolute atomic E-state index is 12.3. The Hall–Kier alpha value is -1.06. The molecule has 0 rings (SSSR count). The van der Waals surface area contributed by atoms with E-state index < -0.39 is 6.04 Å². The fraction of sp³-hybridized carbons (Fsp3) is 0.935. The summed E-state index contributed by atoms with van der Waals surface area (Å²) < 4.78 is 4.91. The quantitative estimate of drug-likeness (QED) is 0.0960. The van der Waals surface area contributed by atoms with Crippen molar-refractivity contribution in [3.63, 3.8) is 0 Å². The van der Waals surface area contributed by atoms with Gasteiger partial charge >= 0.3 is 5.97 Å². The molecule has 0 bridgehead atoms. The molecule has 4 heteroatoms. The van der Waals surface area contributed by atoms with Gasteiger partial charge in [0.05, 0.1) is 7.11 Å². The minimum absolute atomic E-state index is 0.00615. The number of esters is 1. The molecule has 1 unspecified atom stereocenters. The van der Waals surface area contributed by atoms with E-state index in [-0.39, 0.29) is 11.9 Å². The van der Waals surface area contributed by atoms with Gasteiger partial charge in [0.2, 0.25) is 5.91 Å². The molecular weight excluding hydrogens is 434 g/mol. The summed E-state index contributed by atoms with van der Waals surface area (Å²) >= 11 is 0. The lowest BCUT2D eigenvalue weighted by atomic mass is 10.0. The minimum Gasteiger partial charge on any atom is -0.467 e. The van der Waals surface area contributed by atoms with Crippen LogP contribution < -0.4 is 5.32 Å². The van der Waals surface area contributed by atoms with Gasteiger partial charge in [-0.1, -0.05) is 149 Å². The van der Waals surface area contributed by atoms with Crippen molar-refractivity contribution >= 4 is 11.9 Å². The average Bonchev–Trinajstić information content (AvgIpc) is 2.84. The largest absolute Gasteiger partial charge is 0.467 e. The number of ether oxygens (including phenoxy) is 1. The molecule has 0 aliphatic carbocycles. The number of nitrogens with one attached hydrogen (secondary N) is 1. The molecule has 1 N–H and O–H groups in total. The number of rotatable bonds is 26. The summed E-state index contributed by atoms with van der Waals surface area (Å²) in [6.07, 6.45) is 28.0. The van der Waals surface area contributed by atoms with Crippen LogP contribution in [-0.2, 0) is 14.3 Å². The first kappa shape index (κ1) is 33.9. The lowest BCUT2D eigenvalue weighted by Gasteiger charge is -2.16. The van der Waals surface area contributed by atoms with Gasteiger partial charge < -0.3 is 10.1 Å². The van der Waals surface area contributed by atoms with Crippen molar-refractivity contribution < 1.29 is 14.3 Å². The van der Waals surface area contributed by atoms with Gasteiger partial charge in [-0.05, 0) is 18.8 Å². The van der Waals surface area contributed by atoms with Crippen LogP contribution in [0.4, 0.5) is 0 Å². The van der Waals surface area contributed by atoms with Gasteiger partial charge in [0.1, 0.15) is 6.04 Å². The molecule has 0 heterocycles. The van der Waals surface area contributed by atoms with Crippen molar-refractivity contribution in [1.82, 2.24) is 5.32 Å². The van der Waals surface area contributed by atoms with Crippen LogP contribution in [-0.4, -0.2) is 25.0 Å². The van der Waals surface area contributed by atoms with Crippen molar-refractivity contribution in [2.75, 3.05) is 7.11 Å². The Balaban J connectivity index is 3.65. The second-order valence-electron chi connectivity index (χ2n) is 11.1. The van der Waals surface area contributed by atoms with Crippen molar-refractivity contribution in [2.24, 2.45) is 5.92 Å². The van der Waals surface area contributed by atoms with Crippen LogP contribution in [0.3, 0.4) is 0 Å². The van der Waals surface area contributed by atoms with Crippen LogP contribution in [0.1, 0.15) is 168 Å². The third-order valence-corrected chi connectivity index (χ3v) is 7.10. The molecule has 0 aliphatic heterocycles. The molecule has 35 heavy (non-hydrogen) atoms. The maximum atomic E-state index is 12.3. The number of hydrogen-bond acceptors (Lipinski definition) is 3. The average molecular weight is 496 g/mol. The summed E-state index contributed by atoms with van der Waals surface area (Å²) in [7, 11) is 1.41. The zero-order valence-electron chi connectivity index (χ0n) is 24.1. The van der Waals surface area contributed by atoms with E-state index in [1.165, 1.54) is 116 Å². The molecule has 1 amide bonds. The number of unbranched alkanes of at least 4 members (excludes halogenated alkanes) is 18. The third kappa shape index (κ3) is 24.4. The second kappa shape index (κ2) is 26.0. The Labute approximate surface area is 219 Å². The van der Waals surface area contributed by atoms with Gasteiger partial charge in [0, 0.05) is 6.42 Å². The summed E-state index contributed by atoms with van der Waals surface area (Å²) in [5, 5.41) is 2.92. The summed E-state index contributed by atoms with van der Waals surface area (Å²) in [5.74, 6) is 0.538. The topological polar surface area (TPSA) is 55.4 Å². The molecule has 208 valence electrons. The van der Waals surface area contributed by atoms with E-state index in [2.05, 4.69) is 26.1 Å². The van der Waals surface area contributed by atoms with Crippen molar-refractivity contribution in [3.05, 3.63) is 0 Å². The van der Waals surface area contributed by atoms with Crippen LogP contribution in [0.5, 0.6) is 0 Å². The number of amides is 1. The standard InChI is InChI=1S/C31H61NO3/c1-5-6-7-8-9-17-20-23-26-29(31(34)35-4)32-30(33)27-24-21-18-15-13-11-10-12-14-16-19-22-25-28(2)3/h28-29H,5-27H2,1-4H3,(H,32,33).